The lowest BCUT2D eigenvalue weighted by atomic mass is 10.1. The molecular formula is C13H17Cl2NO2. The molecule has 0 bridgehead atoms. The average Bonchev–Trinajstić information content (AvgIpc) is 2.35. The van der Waals surface area contributed by atoms with Gasteiger partial charge in [0.05, 0.1) is 12.2 Å². The van der Waals surface area contributed by atoms with Crippen LogP contribution in [0.4, 0.5) is 0 Å². The molecule has 0 radical (unpaired) electrons. The van der Waals surface area contributed by atoms with Crippen LogP contribution in [0, 0.1) is 0 Å². The van der Waals surface area contributed by atoms with Gasteiger partial charge in [0, 0.05) is 35.2 Å². The van der Waals surface area contributed by atoms with E-state index in [4.69, 9.17) is 23.2 Å². The minimum absolute atomic E-state index is 0.201. The minimum Gasteiger partial charge on any atom is -0.393 e. The molecule has 0 spiro atoms. The number of rotatable bonds is 3. The zero-order valence-electron chi connectivity index (χ0n) is 10.0. The second kappa shape index (κ2) is 6.22. The topological polar surface area (TPSA) is 43.7 Å². The van der Waals surface area contributed by atoms with Crippen molar-refractivity contribution in [3.8, 4) is 0 Å². The summed E-state index contributed by atoms with van der Waals surface area (Å²) in [5.74, 6) is 0. The van der Waals surface area contributed by atoms with Gasteiger partial charge in [-0.25, -0.2) is 0 Å². The molecule has 2 rings (SSSR count). The smallest absolute Gasteiger partial charge is 0.0931 e. The highest BCUT2D eigenvalue weighted by Crippen LogP contribution is 2.27. The summed E-state index contributed by atoms with van der Waals surface area (Å²) in [6, 6.07) is 5.10. The van der Waals surface area contributed by atoms with Crippen molar-refractivity contribution < 1.29 is 10.2 Å². The molecule has 0 unspecified atom stereocenters. The van der Waals surface area contributed by atoms with Gasteiger partial charge in [-0.15, -0.1) is 0 Å². The van der Waals surface area contributed by atoms with E-state index in [0.717, 1.165) is 25.9 Å². The molecule has 1 aromatic carbocycles. The zero-order chi connectivity index (χ0) is 13.1. The Balaban J connectivity index is 1.98. The Morgan fingerprint density at radius 3 is 2.61 bits per heavy atom. The molecule has 1 aliphatic heterocycles. The van der Waals surface area contributed by atoms with Gasteiger partial charge in [-0.1, -0.05) is 23.2 Å². The molecule has 0 amide bonds. The fourth-order valence-electron chi connectivity index (χ4n) is 2.21. The van der Waals surface area contributed by atoms with E-state index in [1.807, 2.05) is 0 Å². The average molecular weight is 290 g/mol. The maximum absolute atomic E-state index is 10.2. The van der Waals surface area contributed by atoms with Crippen LogP contribution in [0.5, 0.6) is 0 Å². The number of piperidine rings is 1. The van der Waals surface area contributed by atoms with Crippen LogP contribution in [-0.2, 0) is 0 Å². The van der Waals surface area contributed by atoms with Gasteiger partial charge in [0.15, 0.2) is 0 Å². The van der Waals surface area contributed by atoms with Crippen molar-refractivity contribution in [2.75, 3.05) is 19.6 Å². The lowest BCUT2D eigenvalue weighted by Crippen LogP contribution is -2.38. The molecule has 1 atom stereocenters. The quantitative estimate of drug-likeness (QED) is 0.899. The molecule has 0 aliphatic carbocycles. The molecule has 1 saturated heterocycles. The van der Waals surface area contributed by atoms with E-state index in [0.29, 0.717) is 22.2 Å². The predicted octanol–water partition coefficient (Wildman–Crippen LogP) is 2.48. The van der Waals surface area contributed by atoms with E-state index in [1.165, 1.54) is 0 Å². The van der Waals surface area contributed by atoms with E-state index in [-0.39, 0.29) is 6.10 Å². The third-order valence-corrected chi connectivity index (χ3v) is 3.88. The van der Waals surface area contributed by atoms with Crippen LogP contribution in [0.25, 0.3) is 0 Å². The summed E-state index contributed by atoms with van der Waals surface area (Å²) in [7, 11) is 0. The summed E-state index contributed by atoms with van der Waals surface area (Å²) in [6.45, 7) is 2.12. The Kier molecular flexibility index (Phi) is 4.87. The monoisotopic (exact) mass is 289 g/mol. The fraction of sp³-hybridized carbons (Fsp3) is 0.538. The lowest BCUT2D eigenvalue weighted by Gasteiger charge is -2.31. The number of β-amino-alcohol motifs (C(OH)–C–C–N with tert-alkyl or cyclic N) is 1. The number of aliphatic hydroxyl groups is 2. The number of hydrogen-bond acceptors (Lipinski definition) is 3. The van der Waals surface area contributed by atoms with Gasteiger partial charge >= 0.3 is 0 Å². The van der Waals surface area contributed by atoms with Crippen LogP contribution in [0.1, 0.15) is 24.5 Å². The highest BCUT2D eigenvalue weighted by atomic mass is 35.5. The SMILES string of the molecule is OC1CCN(C[C@@H](O)c2cc(Cl)ccc2Cl)CC1. The van der Waals surface area contributed by atoms with Gasteiger partial charge in [-0.2, -0.15) is 0 Å². The van der Waals surface area contributed by atoms with Crippen molar-refractivity contribution in [2.24, 2.45) is 0 Å². The van der Waals surface area contributed by atoms with Gasteiger partial charge in [-0.05, 0) is 31.0 Å². The van der Waals surface area contributed by atoms with Gasteiger partial charge in [0.25, 0.3) is 0 Å². The first-order valence-corrected chi connectivity index (χ1v) is 6.85. The van der Waals surface area contributed by atoms with Gasteiger partial charge in [0.2, 0.25) is 0 Å². The number of halogens is 2. The van der Waals surface area contributed by atoms with E-state index < -0.39 is 6.10 Å². The Bertz CT molecular complexity index is 406. The van der Waals surface area contributed by atoms with E-state index in [9.17, 15) is 10.2 Å². The van der Waals surface area contributed by atoms with Gasteiger partial charge in [-0.3, -0.25) is 0 Å². The van der Waals surface area contributed by atoms with Crippen LogP contribution in [0.3, 0.4) is 0 Å². The Morgan fingerprint density at radius 1 is 1.28 bits per heavy atom. The Hall–Kier alpha value is -0.320. The first-order valence-electron chi connectivity index (χ1n) is 6.09. The van der Waals surface area contributed by atoms with E-state index in [1.54, 1.807) is 18.2 Å². The predicted molar refractivity (Wildman–Crippen MR) is 73.1 cm³/mol. The largest absolute Gasteiger partial charge is 0.393 e. The highest BCUT2D eigenvalue weighted by molar-refractivity contribution is 6.33. The molecule has 0 aromatic heterocycles. The van der Waals surface area contributed by atoms with Crippen molar-refractivity contribution >= 4 is 23.2 Å². The first-order chi connectivity index (χ1) is 8.56. The molecule has 5 heteroatoms. The molecule has 2 N–H and O–H groups in total. The van der Waals surface area contributed by atoms with Crippen molar-refractivity contribution in [3.05, 3.63) is 33.8 Å². The van der Waals surface area contributed by atoms with E-state index in [2.05, 4.69) is 4.90 Å². The Morgan fingerprint density at radius 2 is 1.94 bits per heavy atom. The summed E-state index contributed by atoms with van der Waals surface area (Å²) in [4.78, 5) is 2.13. The Labute approximate surface area is 117 Å². The van der Waals surface area contributed by atoms with Crippen molar-refractivity contribution in [2.45, 2.75) is 25.0 Å². The third-order valence-electron chi connectivity index (χ3n) is 3.31. The fourth-order valence-corrected chi connectivity index (χ4v) is 2.64. The molecule has 18 heavy (non-hydrogen) atoms. The zero-order valence-corrected chi connectivity index (χ0v) is 11.5. The summed E-state index contributed by atoms with van der Waals surface area (Å²) >= 11 is 12.0. The maximum atomic E-state index is 10.2. The van der Waals surface area contributed by atoms with Crippen molar-refractivity contribution in [1.29, 1.82) is 0 Å². The summed E-state index contributed by atoms with van der Waals surface area (Å²) in [5.41, 5.74) is 0.662. The molecule has 1 fully saturated rings. The second-order valence-electron chi connectivity index (χ2n) is 4.71. The minimum atomic E-state index is -0.647. The highest BCUT2D eigenvalue weighted by Gasteiger charge is 2.21. The van der Waals surface area contributed by atoms with Crippen molar-refractivity contribution in [1.82, 2.24) is 4.90 Å². The molecule has 3 nitrogen and oxygen atoms in total. The van der Waals surface area contributed by atoms with E-state index >= 15 is 0 Å². The number of nitrogens with zero attached hydrogens (tertiary/aromatic N) is 1. The second-order valence-corrected chi connectivity index (χ2v) is 5.56. The molecular weight excluding hydrogens is 273 g/mol. The van der Waals surface area contributed by atoms with Crippen LogP contribution < -0.4 is 0 Å². The summed E-state index contributed by atoms with van der Waals surface area (Å²) in [5, 5.41) is 20.7. The number of aliphatic hydroxyl groups excluding tert-OH is 2. The normalized spacial score (nSPS) is 20.0. The molecule has 1 heterocycles. The molecule has 0 saturated carbocycles. The van der Waals surface area contributed by atoms with Gasteiger partial charge in [0.1, 0.15) is 0 Å². The lowest BCUT2D eigenvalue weighted by molar-refractivity contribution is 0.0508. The van der Waals surface area contributed by atoms with Crippen LogP contribution in [-0.4, -0.2) is 40.9 Å². The molecule has 1 aliphatic rings. The first kappa shape index (κ1) is 14.1. The maximum Gasteiger partial charge on any atom is 0.0931 e. The van der Waals surface area contributed by atoms with Crippen LogP contribution in [0.15, 0.2) is 18.2 Å². The number of likely N-dealkylation sites (tertiary alicyclic amines) is 1. The number of benzene rings is 1. The van der Waals surface area contributed by atoms with Crippen LogP contribution in [0.2, 0.25) is 10.0 Å². The third kappa shape index (κ3) is 3.59. The summed E-state index contributed by atoms with van der Waals surface area (Å²) < 4.78 is 0. The standard InChI is InChI=1S/C13H17Cl2NO2/c14-9-1-2-12(15)11(7-9)13(18)8-16-5-3-10(17)4-6-16/h1-2,7,10,13,17-18H,3-6,8H2/t13-/m1/s1. The van der Waals surface area contributed by atoms with Crippen LogP contribution >= 0.6 is 23.2 Å². The summed E-state index contributed by atoms with van der Waals surface area (Å²) in [6.07, 6.45) is 0.672. The van der Waals surface area contributed by atoms with Crippen molar-refractivity contribution in [3.63, 3.8) is 0 Å². The van der Waals surface area contributed by atoms with Gasteiger partial charge < -0.3 is 15.1 Å². The molecule has 1 aromatic rings. The molecule has 100 valence electrons. The number of hydrogen-bond donors (Lipinski definition) is 2.